The molecular formula is C14H18Cl2N2. The number of halogens is 2. The summed E-state index contributed by atoms with van der Waals surface area (Å²) in [6.45, 7) is 4.34. The van der Waals surface area contributed by atoms with Crippen LogP contribution in [-0.2, 0) is 0 Å². The fourth-order valence-electron chi connectivity index (χ4n) is 2.87. The topological polar surface area (TPSA) is 15.3 Å². The lowest BCUT2D eigenvalue weighted by molar-refractivity contribution is 0.156. The van der Waals surface area contributed by atoms with Crippen LogP contribution in [0.2, 0.25) is 10.0 Å². The van der Waals surface area contributed by atoms with E-state index >= 15 is 0 Å². The van der Waals surface area contributed by atoms with Crippen molar-refractivity contribution in [2.75, 3.05) is 26.2 Å². The second-order valence-corrected chi connectivity index (χ2v) is 6.00. The van der Waals surface area contributed by atoms with Gasteiger partial charge in [-0.05, 0) is 30.4 Å². The maximum absolute atomic E-state index is 6.40. The van der Waals surface area contributed by atoms with E-state index in [0.29, 0.717) is 11.1 Å². The van der Waals surface area contributed by atoms with Crippen molar-refractivity contribution in [2.24, 2.45) is 5.92 Å². The van der Waals surface area contributed by atoms with Crippen LogP contribution in [0.3, 0.4) is 0 Å². The summed E-state index contributed by atoms with van der Waals surface area (Å²) in [4.78, 5) is 2.56. The normalized spacial score (nSPS) is 23.0. The summed E-state index contributed by atoms with van der Waals surface area (Å²) in [5.74, 6) is 0.763. The number of benzene rings is 1. The number of nitrogens with one attached hydrogen (secondary N) is 1. The van der Waals surface area contributed by atoms with E-state index in [4.69, 9.17) is 23.2 Å². The van der Waals surface area contributed by atoms with Gasteiger partial charge in [0, 0.05) is 32.2 Å². The highest BCUT2D eigenvalue weighted by atomic mass is 35.5. The molecule has 1 aliphatic carbocycles. The SMILES string of the molecule is Clc1cccc([C@H](C2CC2)N2CCNCC2)c1Cl. The number of hydrogen-bond acceptors (Lipinski definition) is 2. The van der Waals surface area contributed by atoms with E-state index in [1.807, 2.05) is 12.1 Å². The van der Waals surface area contributed by atoms with Gasteiger partial charge in [-0.25, -0.2) is 0 Å². The molecule has 1 N–H and O–H groups in total. The molecule has 2 fully saturated rings. The van der Waals surface area contributed by atoms with Gasteiger partial charge in [0.05, 0.1) is 10.0 Å². The van der Waals surface area contributed by atoms with Crippen molar-refractivity contribution in [3.8, 4) is 0 Å². The van der Waals surface area contributed by atoms with Crippen LogP contribution >= 0.6 is 23.2 Å². The lowest BCUT2D eigenvalue weighted by atomic mass is 9.99. The third-order valence-electron chi connectivity index (χ3n) is 3.91. The zero-order valence-electron chi connectivity index (χ0n) is 10.3. The van der Waals surface area contributed by atoms with Crippen molar-refractivity contribution < 1.29 is 0 Å². The summed E-state index contributed by atoms with van der Waals surface area (Å²) in [5.41, 5.74) is 1.22. The van der Waals surface area contributed by atoms with Crippen molar-refractivity contribution in [1.82, 2.24) is 10.2 Å². The Morgan fingerprint density at radius 2 is 1.89 bits per heavy atom. The van der Waals surface area contributed by atoms with Crippen LogP contribution in [0.5, 0.6) is 0 Å². The van der Waals surface area contributed by atoms with Crippen LogP contribution in [0.15, 0.2) is 18.2 Å². The lowest BCUT2D eigenvalue weighted by Crippen LogP contribution is -2.45. The third-order valence-corrected chi connectivity index (χ3v) is 4.75. The summed E-state index contributed by atoms with van der Waals surface area (Å²) < 4.78 is 0. The molecule has 1 aliphatic heterocycles. The molecule has 0 bridgehead atoms. The molecule has 1 atom stereocenters. The van der Waals surface area contributed by atoms with Crippen molar-refractivity contribution >= 4 is 23.2 Å². The van der Waals surface area contributed by atoms with E-state index in [1.54, 1.807) is 0 Å². The summed E-state index contributed by atoms with van der Waals surface area (Å²) >= 11 is 12.6. The largest absolute Gasteiger partial charge is 0.314 e. The zero-order chi connectivity index (χ0) is 12.5. The fraction of sp³-hybridized carbons (Fsp3) is 0.571. The van der Waals surface area contributed by atoms with E-state index in [2.05, 4.69) is 16.3 Å². The quantitative estimate of drug-likeness (QED) is 0.916. The van der Waals surface area contributed by atoms with Gasteiger partial charge >= 0.3 is 0 Å². The van der Waals surface area contributed by atoms with Crippen molar-refractivity contribution in [1.29, 1.82) is 0 Å². The Morgan fingerprint density at radius 1 is 1.17 bits per heavy atom. The molecule has 1 saturated carbocycles. The van der Waals surface area contributed by atoms with Crippen LogP contribution in [0.4, 0.5) is 0 Å². The first-order valence-electron chi connectivity index (χ1n) is 6.66. The first-order valence-corrected chi connectivity index (χ1v) is 7.41. The molecule has 4 heteroatoms. The van der Waals surface area contributed by atoms with E-state index in [-0.39, 0.29) is 0 Å². The lowest BCUT2D eigenvalue weighted by Gasteiger charge is -2.36. The van der Waals surface area contributed by atoms with Crippen LogP contribution in [0.25, 0.3) is 0 Å². The van der Waals surface area contributed by atoms with Gasteiger partial charge < -0.3 is 5.32 Å². The van der Waals surface area contributed by atoms with Gasteiger partial charge in [0.15, 0.2) is 0 Å². The number of piperazine rings is 1. The smallest absolute Gasteiger partial charge is 0.0640 e. The predicted molar refractivity (Wildman–Crippen MR) is 76.4 cm³/mol. The average molecular weight is 285 g/mol. The molecule has 1 saturated heterocycles. The van der Waals surface area contributed by atoms with Crippen LogP contribution in [0.1, 0.15) is 24.4 Å². The highest BCUT2D eigenvalue weighted by molar-refractivity contribution is 6.42. The molecule has 1 aromatic carbocycles. The van der Waals surface area contributed by atoms with Crippen LogP contribution < -0.4 is 5.32 Å². The van der Waals surface area contributed by atoms with Gasteiger partial charge in [-0.1, -0.05) is 35.3 Å². The maximum atomic E-state index is 6.40. The van der Waals surface area contributed by atoms with Crippen molar-refractivity contribution in [3.63, 3.8) is 0 Å². The molecule has 0 radical (unpaired) electrons. The van der Waals surface area contributed by atoms with Gasteiger partial charge in [-0.3, -0.25) is 4.90 Å². The van der Waals surface area contributed by atoms with Crippen molar-refractivity contribution in [2.45, 2.75) is 18.9 Å². The molecule has 0 unspecified atom stereocenters. The van der Waals surface area contributed by atoms with E-state index in [9.17, 15) is 0 Å². The van der Waals surface area contributed by atoms with E-state index < -0.39 is 0 Å². The predicted octanol–water partition coefficient (Wildman–Crippen LogP) is 3.35. The molecule has 1 aromatic rings. The monoisotopic (exact) mass is 284 g/mol. The summed E-state index contributed by atoms with van der Waals surface area (Å²) in [6, 6.07) is 6.48. The minimum Gasteiger partial charge on any atom is -0.314 e. The highest BCUT2D eigenvalue weighted by Crippen LogP contribution is 2.47. The first-order chi connectivity index (χ1) is 8.77. The molecular weight excluding hydrogens is 267 g/mol. The second kappa shape index (κ2) is 5.38. The molecule has 3 rings (SSSR count). The Morgan fingerprint density at radius 3 is 2.56 bits per heavy atom. The fourth-order valence-corrected chi connectivity index (χ4v) is 3.29. The highest BCUT2D eigenvalue weighted by Gasteiger charge is 2.37. The van der Waals surface area contributed by atoms with Gasteiger partial charge in [0.1, 0.15) is 0 Å². The maximum Gasteiger partial charge on any atom is 0.0640 e. The molecule has 0 amide bonds. The molecule has 98 valence electrons. The molecule has 1 heterocycles. The molecule has 18 heavy (non-hydrogen) atoms. The molecule has 0 spiro atoms. The Hall–Kier alpha value is -0.280. The minimum absolute atomic E-state index is 0.457. The van der Waals surface area contributed by atoms with E-state index in [1.165, 1.54) is 18.4 Å². The standard InChI is InChI=1S/C14H18Cl2N2/c15-12-3-1-2-11(13(12)16)14(10-4-5-10)18-8-6-17-7-9-18/h1-3,10,14,17H,4-9H2/t14-/m0/s1. The van der Waals surface area contributed by atoms with E-state index in [0.717, 1.165) is 37.1 Å². The molecule has 0 aromatic heterocycles. The number of rotatable bonds is 3. The minimum atomic E-state index is 0.457. The Balaban J connectivity index is 1.90. The summed E-state index contributed by atoms with van der Waals surface area (Å²) in [6.07, 6.45) is 2.63. The third kappa shape index (κ3) is 2.53. The zero-order valence-corrected chi connectivity index (χ0v) is 11.8. The molecule has 2 nitrogen and oxygen atoms in total. The second-order valence-electron chi connectivity index (χ2n) is 5.21. The first kappa shape index (κ1) is 12.7. The molecule has 2 aliphatic rings. The van der Waals surface area contributed by atoms with Gasteiger partial charge in [-0.15, -0.1) is 0 Å². The number of hydrogen-bond donors (Lipinski definition) is 1. The average Bonchev–Trinajstić information content (AvgIpc) is 3.21. The van der Waals surface area contributed by atoms with Crippen LogP contribution in [0, 0.1) is 5.92 Å². The van der Waals surface area contributed by atoms with Gasteiger partial charge in [0.25, 0.3) is 0 Å². The number of nitrogens with zero attached hydrogens (tertiary/aromatic N) is 1. The summed E-state index contributed by atoms with van der Waals surface area (Å²) in [5, 5.41) is 4.83. The van der Waals surface area contributed by atoms with Gasteiger partial charge in [-0.2, -0.15) is 0 Å². The Labute approximate surface area is 118 Å². The Bertz CT molecular complexity index is 426. The Kier molecular flexibility index (Phi) is 3.81. The van der Waals surface area contributed by atoms with Crippen molar-refractivity contribution in [3.05, 3.63) is 33.8 Å². The summed E-state index contributed by atoms with van der Waals surface area (Å²) in [7, 11) is 0. The van der Waals surface area contributed by atoms with Crippen LogP contribution in [-0.4, -0.2) is 31.1 Å². The van der Waals surface area contributed by atoms with Gasteiger partial charge in [0.2, 0.25) is 0 Å².